The highest BCUT2D eigenvalue weighted by atomic mass is 79.9. The van der Waals surface area contributed by atoms with Crippen molar-refractivity contribution in [2.45, 2.75) is 76.2 Å². The molecule has 0 radical (unpaired) electrons. The molecular formula is C35H34BrClN2O2. The Morgan fingerprint density at radius 1 is 0.756 bits per heavy atom. The molecule has 0 saturated carbocycles. The maximum absolute atomic E-state index is 13.9. The maximum Gasteiger partial charge on any atom is 0.341 e. The van der Waals surface area contributed by atoms with Gasteiger partial charge in [0.2, 0.25) is 0 Å². The van der Waals surface area contributed by atoms with Crippen LogP contribution in [0.15, 0.2) is 28.7 Å². The molecular weight excluding hydrogens is 596 g/mol. The number of ether oxygens (including phenoxy) is 1. The number of aryl methyl sites for hydroxylation is 2. The summed E-state index contributed by atoms with van der Waals surface area (Å²) in [5.74, 6) is -0.310. The van der Waals surface area contributed by atoms with Crippen molar-refractivity contribution in [3.63, 3.8) is 0 Å². The van der Waals surface area contributed by atoms with Gasteiger partial charge in [-0.1, -0.05) is 41.4 Å². The first-order valence-corrected chi connectivity index (χ1v) is 16.6. The summed E-state index contributed by atoms with van der Waals surface area (Å²) >= 11 is 10.6. The Balaban J connectivity index is 1.48. The van der Waals surface area contributed by atoms with Crippen LogP contribution in [0.2, 0.25) is 5.02 Å². The average molecular weight is 630 g/mol. The van der Waals surface area contributed by atoms with Gasteiger partial charge in [-0.25, -0.2) is 4.79 Å². The minimum absolute atomic E-state index is 0.226. The van der Waals surface area contributed by atoms with Gasteiger partial charge in [0.25, 0.3) is 0 Å². The summed E-state index contributed by atoms with van der Waals surface area (Å²) in [5, 5.41) is 0.458. The molecule has 6 aliphatic rings. The second kappa shape index (κ2) is 8.32. The van der Waals surface area contributed by atoms with E-state index in [1.54, 1.807) is 0 Å². The molecule has 0 atom stereocenters. The number of hydrogen-bond donors (Lipinski definition) is 0. The maximum atomic E-state index is 13.9. The first-order valence-electron chi connectivity index (χ1n) is 15.4. The van der Waals surface area contributed by atoms with Crippen LogP contribution in [0.4, 0.5) is 11.4 Å². The summed E-state index contributed by atoms with van der Waals surface area (Å²) in [6, 6.07) is 8.81. The summed E-state index contributed by atoms with van der Waals surface area (Å²) in [5.41, 5.74) is 14.0. The molecule has 1 aliphatic carbocycles. The van der Waals surface area contributed by atoms with Crippen molar-refractivity contribution >= 4 is 44.9 Å². The number of halogens is 2. The second-order valence-electron chi connectivity index (χ2n) is 13.5. The van der Waals surface area contributed by atoms with E-state index in [9.17, 15) is 4.79 Å². The van der Waals surface area contributed by atoms with Gasteiger partial charge < -0.3 is 14.5 Å². The van der Waals surface area contributed by atoms with Crippen LogP contribution in [0.5, 0.6) is 0 Å². The van der Waals surface area contributed by atoms with Gasteiger partial charge in [0, 0.05) is 64.1 Å². The standard InChI is InChI=1S/C35H34BrClN2O2/c1-34(2)29-22-9-5-13-38-11-3-7-19(31(22)38)15-25(29)35(24-17-21(36)18-27(37)28(24)33(40)41-35)26-16-20-8-4-12-39-14-6-10-23(30(26)34)32(20)39/h15-18H,3-14H2,1-2H3. The van der Waals surface area contributed by atoms with Crippen LogP contribution in [0, 0.1) is 0 Å². The molecule has 0 saturated heterocycles. The van der Waals surface area contributed by atoms with Crippen LogP contribution in [0.3, 0.4) is 0 Å². The number of carbonyl (C=O) groups is 1. The summed E-state index contributed by atoms with van der Waals surface area (Å²) in [6.07, 6.45) is 8.94. The highest BCUT2D eigenvalue weighted by molar-refractivity contribution is 9.10. The highest BCUT2D eigenvalue weighted by Crippen LogP contribution is 2.62. The van der Waals surface area contributed by atoms with E-state index in [2.05, 4.69) is 57.8 Å². The first-order chi connectivity index (χ1) is 19.8. The van der Waals surface area contributed by atoms with E-state index in [0.717, 1.165) is 74.7 Å². The quantitative estimate of drug-likeness (QED) is 0.240. The Bertz CT molecular complexity index is 1640. The fourth-order valence-corrected chi connectivity index (χ4v) is 10.6. The predicted octanol–water partition coefficient (Wildman–Crippen LogP) is 7.60. The molecule has 0 unspecified atom stereocenters. The van der Waals surface area contributed by atoms with E-state index < -0.39 is 5.60 Å². The lowest BCUT2D eigenvalue weighted by molar-refractivity contribution is 0.0230. The smallest absolute Gasteiger partial charge is 0.341 e. The van der Waals surface area contributed by atoms with Gasteiger partial charge in [-0.2, -0.15) is 0 Å². The minimum atomic E-state index is -1.00. The first kappa shape index (κ1) is 25.0. The number of hydrogen-bond acceptors (Lipinski definition) is 4. The van der Waals surface area contributed by atoms with Crippen molar-refractivity contribution in [2.24, 2.45) is 0 Å². The van der Waals surface area contributed by atoms with Crippen molar-refractivity contribution in [3.8, 4) is 0 Å². The minimum Gasteiger partial charge on any atom is -0.441 e. The van der Waals surface area contributed by atoms with Crippen molar-refractivity contribution in [1.82, 2.24) is 0 Å². The van der Waals surface area contributed by atoms with E-state index in [4.69, 9.17) is 16.3 Å². The predicted molar refractivity (Wildman–Crippen MR) is 167 cm³/mol. The van der Waals surface area contributed by atoms with Gasteiger partial charge >= 0.3 is 5.97 Å². The topological polar surface area (TPSA) is 32.8 Å². The van der Waals surface area contributed by atoms with Crippen LogP contribution in [-0.2, 0) is 41.4 Å². The third-order valence-electron chi connectivity index (χ3n) is 10.9. The van der Waals surface area contributed by atoms with Gasteiger partial charge in [-0.3, -0.25) is 0 Å². The molecule has 5 aliphatic heterocycles. The van der Waals surface area contributed by atoms with E-state index in [1.807, 2.05) is 6.07 Å². The zero-order valence-corrected chi connectivity index (χ0v) is 26.1. The van der Waals surface area contributed by atoms with Gasteiger partial charge in [-0.05, 0) is 109 Å². The van der Waals surface area contributed by atoms with Crippen LogP contribution in [0.1, 0.15) is 100.0 Å². The van der Waals surface area contributed by atoms with E-state index in [0.29, 0.717) is 10.6 Å². The molecule has 3 aromatic rings. The Morgan fingerprint density at radius 3 is 1.80 bits per heavy atom. The monoisotopic (exact) mass is 628 g/mol. The molecule has 1 spiro atoms. The Hall–Kier alpha value is -2.50. The average Bonchev–Trinajstić information content (AvgIpc) is 3.25. The Kier molecular flexibility index (Phi) is 5.08. The van der Waals surface area contributed by atoms with Gasteiger partial charge in [0.1, 0.15) is 0 Å². The normalized spacial score (nSPS) is 22.0. The molecule has 3 aromatic carbocycles. The van der Waals surface area contributed by atoms with Crippen LogP contribution >= 0.6 is 27.5 Å². The molecule has 0 fully saturated rings. The summed E-state index contributed by atoms with van der Waals surface area (Å²) < 4.78 is 7.72. The zero-order chi connectivity index (χ0) is 27.8. The lowest BCUT2D eigenvalue weighted by Crippen LogP contribution is -2.46. The Labute approximate surface area is 255 Å². The second-order valence-corrected chi connectivity index (χ2v) is 14.8. The summed E-state index contributed by atoms with van der Waals surface area (Å²) in [6.45, 7) is 9.42. The molecule has 0 aromatic heterocycles. The van der Waals surface area contributed by atoms with E-state index in [-0.39, 0.29) is 11.4 Å². The molecule has 9 rings (SSSR count). The molecule has 0 N–H and O–H groups in total. The van der Waals surface area contributed by atoms with Gasteiger partial charge in [0.05, 0.1) is 10.6 Å². The number of benzene rings is 3. The number of rotatable bonds is 0. The number of esters is 1. The third-order valence-corrected chi connectivity index (χ3v) is 11.7. The molecule has 210 valence electrons. The lowest BCUT2D eigenvalue weighted by atomic mass is 9.57. The fourth-order valence-electron chi connectivity index (χ4n) is 9.68. The van der Waals surface area contributed by atoms with Gasteiger partial charge in [-0.15, -0.1) is 0 Å². The van der Waals surface area contributed by atoms with Crippen LogP contribution in [-0.4, -0.2) is 32.1 Å². The summed E-state index contributed by atoms with van der Waals surface area (Å²) in [4.78, 5) is 19.2. The largest absolute Gasteiger partial charge is 0.441 e. The van der Waals surface area contributed by atoms with Crippen molar-refractivity contribution in [3.05, 3.63) is 89.4 Å². The molecule has 6 heteroatoms. The number of fused-ring (bicyclic) bond motifs is 8. The van der Waals surface area contributed by atoms with Crippen molar-refractivity contribution in [1.29, 1.82) is 0 Å². The molecule has 4 nitrogen and oxygen atoms in total. The van der Waals surface area contributed by atoms with Crippen molar-refractivity contribution in [2.75, 3.05) is 36.0 Å². The SMILES string of the molecule is CC1(C)c2c(cc3c4c2CCCN4CCC3)C2(OC(=O)c3c(Cl)cc(Br)cc32)c2cc3c4c(c21)CCCN4CCC3. The number of carbonyl (C=O) groups excluding carboxylic acids is 1. The van der Waals surface area contributed by atoms with E-state index in [1.165, 1.54) is 68.7 Å². The highest BCUT2D eigenvalue weighted by Gasteiger charge is 2.58. The van der Waals surface area contributed by atoms with Crippen LogP contribution < -0.4 is 9.80 Å². The van der Waals surface area contributed by atoms with Gasteiger partial charge in [0.15, 0.2) is 5.60 Å². The molecule has 5 heterocycles. The molecule has 0 amide bonds. The van der Waals surface area contributed by atoms with Crippen molar-refractivity contribution < 1.29 is 9.53 Å². The summed E-state index contributed by atoms with van der Waals surface area (Å²) in [7, 11) is 0. The number of anilines is 2. The van der Waals surface area contributed by atoms with E-state index >= 15 is 0 Å². The lowest BCUT2D eigenvalue weighted by Gasteiger charge is -2.51. The number of nitrogens with zero attached hydrogens (tertiary/aromatic N) is 2. The Morgan fingerprint density at radius 2 is 1.27 bits per heavy atom. The molecule has 0 bridgehead atoms. The third kappa shape index (κ3) is 3.05. The van der Waals surface area contributed by atoms with Crippen LogP contribution in [0.25, 0.3) is 0 Å². The molecule has 41 heavy (non-hydrogen) atoms. The fraction of sp³-hybridized carbons (Fsp3) is 0.457. The zero-order valence-electron chi connectivity index (χ0n) is 23.8.